The minimum absolute atomic E-state index is 0. The van der Waals surface area contributed by atoms with Crippen molar-refractivity contribution < 1.29 is 0 Å². The van der Waals surface area contributed by atoms with Crippen LogP contribution in [0.5, 0.6) is 0 Å². The molecule has 2 rings (SSSR count). The van der Waals surface area contributed by atoms with Crippen molar-refractivity contribution in [1.82, 2.24) is 4.90 Å². The normalized spacial score (nSPS) is 18.4. The molecule has 20 heavy (non-hydrogen) atoms. The number of anilines is 1. The third-order valence-corrected chi connectivity index (χ3v) is 4.21. The number of benzene rings is 1. The molecule has 1 aromatic rings. The van der Waals surface area contributed by atoms with Gasteiger partial charge in [-0.1, -0.05) is 17.7 Å². The van der Waals surface area contributed by atoms with Gasteiger partial charge in [-0.25, -0.2) is 0 Å². The summed E-state index contributed by atoms with van der Waals surface area (Å²) in [6, 6.07) is 6.21. The van der Waals surface area contributed by atoms with E-state index in [0.717, 1.165) is 35.8 Å². The van der Waals surface area contributed by atoms with E-state index in [1.807, 2.05) is 30.0 Å². The topological polar surface area (TPSA) is 30.3 Å². The molecule has 1 saturated heterocycles. The lowest BCUT2D eigenvalue weighted by molar-refractivity contribution is 0.449. The second-order valence-corrected chi connectivity index (χ2v) is 5.58. The average Bonchev–Trinajstić information content (AvgIpc) is 2.70. The van der Waals surface area contributed by atoms with Crippen LogP contribution >= 0.6 is 35.6 Å². The summed E-state index contributed by atoms with van der Waals surface area (Å²) in [7, 11) is 0. The average molecular weight is 337 g/mol. The zero-order chi connectivity index (χ0) is 14.0. The van der Waals surface area contributed by atoms with E-state index < -0.39 is 0 Å². The number of alkyl halides is 1. The SMILES string of the molecule is CCN1CC(CCCl)N(c2ccc(C)c(Cl)c2)C1=N.Cl. The maximum Gasteiger partial charge on any atom is 0.198 e. The monoisotopic (exact) mass is 335 g/mol. The number of aryl methyl sites for hydroxylation is 1. The predicted molar refractivity (Wildman–Crippen MR) is 90.0 cm³/mol. The van der Waals surface area contributed by atoms with Crippen LogP contribution in [-0.2, 0) is 0 Å². The molecule has 1 aliphatic rings. The second-order valence-electron chi connectivity index (χ2n) is 4.80. The molecule has 6 heteroatoms. The van der Waals surface area contributed by atoms with Gasteiger partial charge in [0.1, 0.15) is 0 Å². The number of nitrogens with one attached hydrogen (secondary N) is 1. The summed E-state index contributed by atoms with van der Waals surface area (Å²) in [6.45, 7) is 5.75. The van der Waals surface area contributed by atoms with E-state index in [2.05, 4.69) is 11.8 Å². The van der Waals surface area contributed by atoms with Crippen molar-refractivity contribution in [2.24, 2.45) is 0 Å². The van der Waals surface area contributed by atoms with Crippen molar-refractivity contribution in [3.63, 3.8) is 0 Å². The number of likely N-dealkylation sites (N-methyl/N-ethyl adjacent to an activating group) is 1. The molecular formula is C14H20Cl3N3. The molecule has 0 saturated carbocycles. The number of hydrogen-bond donors (Lipinski definition) is 1. The van der Waals surface area contributed by atoms with Gasteiger partial charge in [-0.2, -0.15) is 0 Å². The Balaban J connectivity index is 0.00000200. The molecule has 1 heterocycles. The van der Waals surface area contributed by atoms with Gasteiger partial charge in [0.05, 0.1) is 6.04 Å². The van der Waals surface area contributed by atoms with Gasteiger partial charge < -0.3 is 9.80 Å². The highest BCUT2D eigenvalue weighted by molar-refractivity contribution is 6.31. The van der Waals surface area contributed by atoms with Crippen LogP contribution in [0.4, 0.5) is 5.69 Å². The first-order valence-corrected chi connectivity index (χ1v) is 7.44. The molecule has 1 atom stereocenters. The molecule has 1 unspecified atom stereocenters. The lowest BCUT2D eigenvalue weighted by atomic mass is 10.1. The summed E-state index contributed by atoms with van der Waals surface area (Å²) in [6.07, 6.45) is 0.867. The van der Waals surface area contributed by atoms with Gasteiger partial charge in [0, 0.05) is 29.7 Å². The fourth-order valence-electron chi connectivity index (χ4n) is 2.44. The molecule has 1 N–H and O–H groups in total. The maximum atomic E-state index is 8.30. The molecule has 0 aromatic heterocycles. The standard InChI is InChI=1S/C14H19Cl2N3.ClH/c1-3-18-9-12(6-7-15)19(14(18)17)11-5-4-10(2)13(16)8-11;/h4-5,8,12,17H,3,6-7,9H2,1-2H3;1H. The summed E-state index contributed by atoms with van der Waals surface area (Å²) >= 11 is 12.1. The van der Waals surface area contributed by atoms with E-state index in [4.69, 9.17) is 28.6 Å². The summed E-state index contributed by atoms with van der Waals surface area (Å²) in [5.74, 6) is 1.14. The summed E-state index contributed by atoms with van der Waals surface area (Å²) in [4.78, 5) is 4.10. The van der Waals surface area contributed by atoms with Crippen LogP contribution in [0.2, 0.25) is 5.02 Å². The lowest BCUT2D eigenvalue weighted by Gasteiger charge is -2.25. The fourth-order valence-corrected chi connectivity index (χ4v) is 2.86. The van der Waals surface area contributed by atoms with Gasteiger partial charge >= 0.3 is 0 Å². The maximum absolute atomic E-state index is 8.30. The Morgan fingerprint density at radius 2 is 2.10 bits per heavy atom. The van der Waals surface area contributed by atoms with Gasteiger partial charge in [0.2, 0.25) is 0 Å². The zero-order valence-electron chi connectivity index (χ0n) is 11.7. The van der Waals surface area contributed by atoms with Crippen LogP contribution in [-0.4, -0.2) is 35.9 Å². The third kappa shape index (κ3) is 3.33. The van der Waals surface area contributed by atoms with Crippen LogP contribution in [0, 0.1) is 12.3 Å². The molecule has 1 aliphatic heterocycles. The Morgan fingerprint density at radius 3 is 2.65 bits per heavy atom. The molecule has 0 amide bonds. The van der Waals surface area contributed by atoms with Crippen LogP contribution in [0.25, 0.3) is 0 Å². The number of rotatable bonds is 4. The Hall–Kier alpha value is -0.640. The van der Waals surface area contributed by atoms with Crippen molar-refractivity contribution in [3.05, 3.63) is 28.8 Å². The van der Waals surface area contributed by atoms with Crippen molar-refractivity contribution in [2.75, 3.05) is 23.9 Å². The molecule has 3 nitrogen and oxygen atoms in total. The largest absolute Gasteiger partial charge is 0.341 e. The smallest absolute Gasteiger partial charge is 0.198 e. The van der Waals surface area contributed by atoms with Gasteiger partial charge in [-0.3, -0.25) is 5.41 Å². The Kier molecular flexibility index (Phi) is 6.44. The highest BCUT2D eigenvalue weighted by atomic mass is 35.5. The predicted octanol–water partition coefficient (Wildman–Crippen LogP) is 4.14. The van der Waals surface area contributed by atoms with Crippen molar-refractivity contribution in [3.8, 4) is 0 Å². The zero-order valence-corrected chi connectivity index (χ0v) is 14.0. The van der Waals surface area contributed by atoms with Gasteiger partial charge in [0.25, 0.3) is 0 Å². The van der Waals surface area contributed by atoms with E-state index in [-0.39, 0.29) is 18.4 Å². The molecule has 0 radical (unpaired) electrons. The molecule has 0 spiro atoms. The highest BCUT2D eigenvalue weighted by Gasteiger charge is 2.34. The summed E-state index contributed by atoms with van der Waals surface area (Å²) < 4.78 is 0. The molecule has 1 aromatic carbocycles. The Morgan fingerprint density at radius 1 is 1.40 bits per heavy atom. The first kappa shape index (κ1) is 17.4. The lowest BCUT2D eigenvalue weighted by Crippen LogP contribution is -2.35. The van der Waals surface area contributed by atoms with E-state index in [9.17, 15) is 0 Å². The van der Waals surface area contributed by atoms with E-state index in [0.29, 0.717) is 11.8 Å². The second kappa shape index (κ2) is 7.39. The van der Waals surface area contributed by atoms with Gasteiger partial charge in [-0.05, 0) is 38.0 Å². The van der Waals surface area contributed by atoms with Crippen LogP contribution in [0.1, 0.15) is 18.9 Å². The van der Waals surface area contributed by atoms with Crippen LogP contribution < -0.4 is 4.90 Å². The van der Waals surface area contributed by atoms with Crippen LogP contribution in [0.3, 0.4) is 0 Å². The number of hydrogen-bond acceptors (Lipinski definition) is 1. The summed E-state index contributed by atoms with van der Waals surface area (Å²) in [5, 5.41) is 9.04. The van der Waals surface area contributed by atoms with E-state index >= 15 is 0 Å². The number of halogens is 3. The number of guanidine groups is 1. The van der Waals surface area contributed by atoms with E-state index in [1.54, 1.807) is 0 Å². The first-order chi connectivity index (χ1) is 9.08. The van der Waals surface area contributed by atoms with E-state index in [1.165, 1.54) is 0 Å². The first-order valence-electron chi connectivity index (χ1n) is 6.53. The Bertz CT molecular complexity index is 479. The van der Waals surface area contributed by atoms with Gasteiger partial charge in [0.15, 0.2) is 5.96 Å². The quantitative estimate of drug-likeness (QED) is 0.837. The molecule has 0 aliphatic carbocycles. The minimum Gasteiger partial charge on any atom is -0.341 e. The number of nitrogens with zero attached hydrogens (tertiary/aromatic N) is 2. The fraction of sp³-hybridized carbons (Fsp3) is 0.500. The van der Waals surface area contributed by atoms with Crippen LogP contribution in [0.15, 0.2) is 18.2 Å². The molecular weight excluding hydrogens is 317 g/mol. The van der Waals surface area contributed by atoms with Crippen molar-refractivity contribution in [2.45, 2.75) is 26.3 Å². The molecule has 112 valence electrons. The highest BCUT2D eigenvalue weighted by Crippen LogP contribution is 2.29. The van der Waals surface area contributed by atoms with Crippen molar-refractivity contribution >= 4 is 47.3 Å². The van der Waals surface area contributed by atoms with Gasteiger partial charge in [-0.15, -0.1) is 24.0 Å². The Labute approximate surface area is 136 Å². The third-order valence-electron chi connectivity index (χ3n) is 3.58. The minimum atomic E-state index is 0. The molecule has 0 bridgehead atoms. The molecule has 1 fully saturated rings. The summed E-state index contributed by atoms with van der Waals surface area (Å²) in [5.41, 5.74) is 2.03. The van der Waals surface area contributed by atoms with Crippen molar-refractivity contribution in [1.29, 1.82) is 5.41 Å².